The van der Waals surface area contributed by atoms with Crippen molar-refractivity contribution in [1.82, 2.24) is 5.32 Å². The van der Waals surface area contributed by atoms with E-state index in [1.807, 2.05) is 7.05 Å². The van der Waals surface area contributed by atoms with Crippen molar-refractivity contribution < 1.29 is 0 Å². The van der Waals surface area contributed by atoms with Crippen LogP contribution in [0.2, 0.25) is 0 Å². The van der Waals surface area contributed by atoms with E-state index in [1.165, 1.54) is 0 Å². The third-order valence-corrected chi connectivity index (χ3v) is 0.953. The molecule has 1 heteroatoms. The summed E-state index contributed by atoms with van der Waals surface area (Å²) < 4.78 is 0. The first-order chi connectivity index (χ1) is 3.91. The molecule has 0 N–H and O–H groups in total. The summed E-state index contributed by atoms with van der Waals surface area (Å²) in [5, 5.41) is 3.94. The van der Waals surface area contributed by atoms with Crippen molar-refractivity contribution in [2.24, 2.45) is 0 Å². The van der Waals surface area contributed by atoms with E-state index in [0.29, 0.717) is 0 Å². The van der Waals surface area contributed by atoms with Crippen LogP contribution in [0.15, 0.2) is 0 Å². The van der Waals surface area contributed by atoms with Crippen molar-refractivity contribution >= 4 is 0 Å². The number of rotatable bonds is 4. The zero-order valence-corrected chi connectivity index (χ0v) is 5.35. The predicted octanol–water partition coefficient (Wildman–Crippen LogP) is 1.02. The highest BCUT2D eigenvalue weighted by Gasteiger charge is 1.81. The van der Waals surface area contributed by atoms with Gasteiger partial charge in [0.25, 0.3) is 0 Å². The molecule has 0 aromatic carbocycles. The molecule has 0 aliphatic rings. The van der Waals surface area contributed by atoms with E-state index in [1.54, 1.807) is 0 Å². The van der Waals surface area contributed by atoms with Crippen LogP contribution in [0, 0.1) is 12.3 Å². The molecular weight excluding hydrogens is 98.1 g/mol. The van der Waals surface area contributed by atoms with E-state index < -0.39 is 0 Å². The number of hydrogen-bond acceptors (Lipinski definition) is 0. The Labute approximate surface area is 51.5 Å². The van der Waals surface area contributed by atoms with Gasteiger partial charge in [-0.2, -0.15) is 0 Å². The second-order valence-corrected chi connectivity index (χ2v) is 1.70. The summed E-state index contributed by atoms with van der Waals surface area (Å²) >= 11 is 0. The van der Waals surface area contributed by atoms with Gasteiger partial charge in [0.05, 0.1) is 0 Å². The molecule has 0 fully saturated rings. The Bertz CT molecular complexity index is 70.9. The molecule has 0 aliphatic carbocycles. The zero-order chi connectivity index (χ0) is 6.24. The van der Waals surface area contributed by atoms with Gasteiger partial charge in [-0.1, -0.05) is 0 Å². The summed E-state index contributed by atoms with van der Waals surface area (Å²) in [6, 6.07) is 0. The fraction of sp³-hybridized carbons (Fsp3) is 0.714. The van der Waals surface area contributed by atoms with Crippen molar-refractivity contribution in [3.63, 3.8) is 0 Å². The van der Waals surface area contributed by atoms with Crippen LogP contribution in [0.25, 0.3) is 0 Å². The van der Waals surface area contributed by atoms with Crippen LogP contribution in [0.5, 0.6) is 0 Å². The minimum atomic E-state index is 0.898. The molecule has 0 spiro atoms. The Morgan fingerprint density at radius 1 is 1.50 bits per heavy atom. The Morgan fingerprint density at radius 2 is 2.25 bits per heavy atom. The van der Waals surface area contributed by atoms with Gasteiger partial charge in [0, 0.05) is 20.0 Å². The number of hydrogen-bond donors (Lipinski definition) is 0. The van der Waals surface area contributed by atoms with E-state index in [9.17, 15) is 0 Å². The minimum absolute atomic E-state index is 0.898. The highest BCUT2D eigenvalue weighted by molar-refractivity contribution is 4.82. The van der Waals surface area contributed by atoms with E-state index >= 15 is 0 Å². The quantitative estimate of drug-likeness (QED) is 0.379. The van der Waals surface area contributed by atoms with Gasteiger partial charge >= 0.3 is 0 Å². The fourth-order valence-corrected chi connectivity index (χ4v) is 0.497. The van der Waals surface area contributed by atoms with Crippen LogP contribution < -0.4 is 5.32 Å². The molecule has 0 unspecified atom stereocenters. The molecule has 1 radical (unpaired) electrons. The third kappa shape index (κ3) is 5.52. The Kier molecular flexibility index (Phi) is 6.13. The first kappa shape index (κ1) is 7.52. The van der Waals surface area contributed by atoms with Crippen molar-refractivity contribution in [3.8, 4) is 12.3 Å². The molecule has 0 amide bonds. The van der Waals surface area contributed by atoms with Gasteiger partial charge in [-0.3, -0.25) is 0 Å². The Balaban J connectivity index is 2.65. The minimum Gasteiger partial charge on any atom is -0.245 e. The monoisotopic (exact) mass is 110 g/mol. The summed E-state index contributed by atoms with van der Waals surface area (Å²) in [6.07, 6.45) is 8.19. The highest BCUT2D eigenvalue weighted by atomic mass is 14.8. The maximum absolute atomic E-state index is 5.03. The molecule has 0 aromatic heterocycles. The summed E-state index contributed by atoms with van der Waals surface area (Å²) in [5.74, 6) is 2.58. The Hall–Kier alpha value is -0.480. The van der Waals surface area contributed by atoms with E-state index in [0.717, 1.165) is 25.8 Å². The smallest absolute Gasteiger partial charge is 0.0130 e. The predicted molar refractivity (Wildman–Crippen MR) is 35.6 cm³/mol. The molecule has 0 atom stereocenters. The molecule has 8 heavy (non-hydrogen) atoms. The van der Waals surface area contributed by atoms with Gasteiger partial charge < -0.3 is 0 Å². The van der Waals surface area contributed by atoms with Crippen LogP contribution in [0.4, 0.5) is 0 Å². The van der Waals surface area contributed by atoms with Crippen LogP contribution in [0.3, 0.4) is 0 Å². The van der Waals surface area contributed by atoms with Crippen LogP contribution in [0.1, 0.15) is 19.3 Å². The molecule has 0 aliphatic heterocycles. The third-order valence-electron chi connectivity index (χ3n) is 0.953. The lowest BCUT2D eigenvalue weighted by atomic mass is 10.2. The van der Waals surface area contributed by atoms with E-state index in [2.05, 4.69) is 11.2 Å². The summed E-state index contributed by atoms with van der Waals surface area (Å²) in [6.45, 7) is 0.960. The maximum atomic E-state index is 5.03. The van der Waals surface area contributed by atoms with Gasteiger partial charge in [0.15, 0.2) is 0 Å². The molecule has 0 aromatic rings. The standard InChI is InChI=1S/C7H12N/c1-3-4-5-6-7-8-2/h1H,4-7H2,2H3. The zero-order valence-electron chi connectivity index (χ0n) is 5.35. The number of unbranched alkanes of at least 4 members (excludes halogenated alkanes) is 2. The van der Waals surface area contributed by atoms with Gasteiger partial charge in [-0.05, 0) is 12.8 Å². The topological polar surface area (TPSA) is 14.1 Å². The van der Waals surface area contributed by atoms with E-state index in [4.69, 9.17) is 6.42 Å². The SMILES string of the molecule is C#CCCCC[N]C. The van der Waals surface area contributed by atoms with Crippen molar-refractivity contribution in [2.45, 2.75) is 19.3 Å². The van der Waals surface area contributed by atoms with Gasteiger partial charge in [-0.15, -0.1) is 12.3 Å². The number of terminal acetylenes is 1. The van der Waals surface area contributed by atoms with Gasteiger partial charge in [0.1, 0.15) is 0 Å². The first-order valence-corrected chi connectivity index (χ1v) is 2.91. The van der Waals surface area contributed by atoms with Crippen LogP contribution in [-0.2, 0) is 0 Å². The maximum Gasteiger partial charge on any atom is 0.0130 e. The summed E-state index contributed by atoms with van der Waals surface area (Å²) in [4.78, 5) is 0. The largest absolute Gasteiger partial charge is 0.245 e. The second kappa shape index (κ2) is 6.52. The average Bonchev–Trinajstić information content (AvgIpc) is 1.81. The molecule has 0 heterocycles. The van der Waals surface area contributed by atoms with Crippen LogP contribution in [-0.4, -0.2) is 13.6 Å². The lowest BCUT2D eigenvalue weighted by Crippen LogP contribution is -1.97. The normalized spacial score (nSPS) is 8.50. The molecule has 1 nitrogen and oxygen atoms in total. The second-order valence-electron chi connectivity index (χ2n) is 1.70. The van der Waals surface area contributed by atoms with Gasteiger partial charge in [0.2, 0.25) is 0 Å². The van der Waals surface area contributed by atoms with Crippen molar-refractivity contribution in [3.05, 3.63) is 0 Å². The fourth-order valence-electron chi connectivity index (χ4n) is 0.497. The lowest BCUT2D eigenvalue weighted by molar-refractivity contribution is 0.681. The average molecular weight is 110 g/mol. The Morgan fingerprint density at radius 3 is 2.75 bits per heavy atom. The van der Waals surface area contributed by atoms with E-state index in [-0.39, 0.29) is 0 Å². The highest BCUT2D eigenvalue weighted by Crippen LogP contribution is 1.90. The molecule has 0 saturated carbocycles. The summed E-state index contributed by atoms with van der Waals surface area (Å²) in [7, 11) is 1.83. The van der Waals surface area contributed by atoms with Crippen molar-refractivity contribution in [2.75, 3.05) is 13.6 Å². The molecule has 45 valence electrons. The molecular formula is C7H12N. The molecule has 0 bridgehead atoms. The van der Waals surface area contributed by atoms with Crippen LogP contribution >= 0.6 is 0 Å². The lowest BCUT2D eigenvalue weighted by Gasteiger charge is -1.91. The molecule has 0 rings (SSSR count). The number of nitrogens with zero attached hydrogens (tertiary/aromatic N) is 1. The van der Waals surface area contributed by atoms with Gasteiger partial charge in [-0.25, -0.2) is 5.32 Å². The molecule has 0 saturated heterocycles. The van der Waals surface area contributed by atoms with Crippen molar-refractivity contribution in [1.29, 1.82) is 0 Å². The summed E-state index contributed by atoms with van der Waals surface area (Å²) in [5.41, 5.74) is 0. The first-order valence-electron chi connectivity index (χ1n) is 2.91.